The van der Waals surface area contributed by atoms with E-state index in [1.807, 2.05) is 38.1 Å². The van der Waals surface area contributed by atoms with E-state index in [1.54, 1.807) is 84.8 Å². The molecule has 0 saturated carbocycles. The maximum atomic E-state index is 14.4. The maximum Gasteiger partial charge on any atom is 0.268 e. The van der Waals surface area contributed by atoms with Gasteiger partial charge in [0.05, 0.1) is 18.5 Å². The third-order valence-electron chi connectivity index (χ3n) is 7.75. The highest BCUT2D eigenvalue weighted by atomic mass is 16.5. The first-order chi connectivity index (χ1) is 22.3. The van der Waals surface area contributed by atoms with Gasteiger partial charge in [-0.25, -0.2) is 4.98 Å². The number of pyridine rings is 1. The third-order valence-corrected chi connectivity index (χ3v) is 7.75. The zero-order valence-corrected chi connectivity index (χ0v) is 25.5. The van der Waals surface area contributed by atoms with E-state index in [4.69, 9.17) is 4.74 Å². The number of rotatable bonds is 8. The van der Waals surface area contributed by atoms with E-state index in [0.717, 1.165) is 10.9 Å². The van der Waals surface area contributed by atoms with Gasteiger partial charge in [-0.15, -0.1) is 0 Å². The molecule has 11 heteroatoms. The van der Waals surface area contributed by atoms with Crippen LogP contribution in [0.5, 0.6) is 5.75 Å². The number of hydrogen-bond acceptors (Lipinski definition) is 6. The van der Waals surface area contributed by atoms with Gasteiger partial charge < -0.3 is 19.9 Å². The first-order valence-corrected chi connectivity index (χ1v) is 14.8. The van der Waals surface area contributed by atoms with Gasteiger partial charge in [0.2, 0.25) is 5.91 Å². The number of nitrogens with one attached hydrogen (secondary N) is 2. The number of H-pyrrole nitrogens is 1. The summed E-state index contributed by atoms with van der Waals surface area (Å²) in [5.41, 5.74) is 2.19. The van der Waals surface area contributed by atoms with Crippen molar-refractivity contribution in [2.45, 2.75) is 25.9 Å². The van der Waals surface area contributed by atoms with Crippen LogP contribution in [0, 0.1) is 0 Å². The molecule has 0 radical (unpaired) electrons. The van der Waals surface area contributed by atoms with Crippen molar-refractivity contribution >= 4 is 57.4 Å². The van der Waals surface area contributed by atoms with Gasteiger partial charge in [-0.05, 0) is 74.5 Å². The van der Waals surface area contributed by atoms with E-state index >= 15 is 0 Å². The largest absolute Gasteiger partial charge is 0.497 e. The summed E-state index contributed by atoms with van der Waals surface area (Å²) in [7, 11) is 1.56. The SMILES string of the molecule is COc1ccc(N(C(=O)CN2C(=O)C(NC(=O)c3cc4ccccc4[nH]3)C(=O)N(c3ccccn3)c3ccccc32)C(C)C)cc1. The highest BCUT2D eigenvalue weighted by Crippen LogP contribution is 2.37. The minimum atomic E-state index is -1.67. The molecule has 1 aliphatic rings. The van der Waals surface area contributed by atoms with Crippen molar-refractivity contribution in [2.75, 3.05) is 28.4 Å². The number of aromatic amines is 1. The molecule has 11 nitrogen and oxygen atoms in total. The van der Waals surface area contributed by atoms with E-state index < -0.39 is 30.3 Å². The molecule has 5 aromatic rings. The number of benzene rings is 3. The molecule has 1 unspecified atom stereocenters. The molecule has 0 saturated heterocycles. The Hall–Kier alpha value is -5.97. The lowest BCUT2D eigenvalue weighted by molar-refractivity contribution is -0.129. The average Bonchev–Trinajstić information content (AvgIpc) is 3.49. The first-order valence-electron chi connectivity index (χ1n) is 14.8. The molecule has 0 aliphatic carbocycles. The fourth-order valence-corrected chi connectivity index (χ4v) is 5.61. The minimum Gasteiger partial charge on any atom is -0.497 e. The second kappa shape index (κ2) is 12.6. The van der Waals surface area contributed by atoms with Gasteiger partial charge in [-0.1, -0.05) is 36.4 Å². The molecule has 232 valence electrons. The van der Waals surface area contributed by atoms with Crippen LogP contribution in [-0.2, 0) is 14.4 Å². The van der Waals surface area contributed by atoms with Crippen LogP contribution in [-0.4, -0.2) is 59.3 Å². The molecule has 1 aliphatic heterocycles. The summed E-state index contributed by atoms with van der Waals surface area (Å²) >= 11 is 0. The van der Waals surface area contributed by atoms with Gasteiger partial charge in [0.1, 0.15) is 23.8 Å². The third kappa shape index (κ3) is 5.65. The molecule has 6 rings (SSSR count). The van der Waals surface area contributed by atoms with E-state index in [1.165, 1.54) is 16.0 Å². The molecule has 1 atom stereocenters. The Morgan fingerprint density at radius 1 is 0.913 bits per heavy atom. The number of carbonyl (C=O) groups is 4. The van der Waals surface area contributed by atoms with E-state index in [2.05, 4.69) is 15.3 Å². The van der Waals surface area contributed by atoms with Crippen LogP contribution >= 0.6 is 0 Å². The summed E-state index contributed by atoms with van der Waals surface area (Å²) in [5, 5.41) is 3.45. The van der Waals surface area contributed by atoms with E-state index in [-0.39, 0.29) is 23.5 Å². The number of ether oxygens (including phenoxy) is 1. The van der Waals surface area contributed by atoms with Gasteiger partial charge in [-0.3, -0.25) is 29.0 Å². The van der Waals surface area contributed by atoms with E-state index in [9.17, 15) is 19.2 Å². The Morgan fingerprint density at radius 3 is 2.28 bits per heavy atom. The van der Waals surface area contributed by atoms with Gasteiger partial charge in [0.25, 0.3) is 17.7 Å². The molecule has 4 amide bonds. The molecule has 46 heavy (non-hydrogen) atoms. The monoisotopic (exact) mass is 616 g/mol. The highest BCUT2D eigenvalue weighted by Gasteiger charge is 2.43. The fraction of sp³-hybridized carbons (Fsp3) is 0.171. The minimum absolute atomic E-state index is 0.182. The molecule has 0 fully saturated rings. The number of nitrogens with zero attached hydrogens (tertiary/aromatic N) is 4. The Balaban J connectivity index is 1.41. The van der Waals surface area contributed by atoms with Crippen molar-refractivity contribution in [1.82, 2.24) is 15.3 Å². The van der Waals surface area contributed by atoms with Gasteiger partial charge in [0, 0.05) is 28.8 Å². The number of carbonyl (C=O) groups excluding carboxylic acids is 4. The van der Waals surface area contributed by atoms with E-state index in [0.29, 0.717) is 22.8 Å². The molecule has 0 bridgehead atoms. The highest BCUT2D eigenvalue weighted by molar-refractivity contribution is 6.25. The van der Waals surface area contributed by atoms with Crippen LogP contribution in [0.4, 0.5) is 22.9 Å². The summed E-state index contributed by atoms with van der Waals surface area (Å²) in [6.45, 7) is 3.34. The normalized spacial score (nSPS) is 14.7. The summed E-state index contributed by atoms with van der Waals surface area (Å²) in [6, 6.07) is 26.0. The van der Waals surface area contributed by atoms with Crippen molar-refractivity contribution in [1.29, 1.82) is 0 Å². The lowest BCUT2D eigenvalue weighted by Gasteiger charge is -2.31. The number of hydrogen-bond donors (Lipinski definition) is 2. The second-order valence-corrected chi connectivity index (χ2v) is 11.0. The van der Waals surface area contributed by atoms with Crippen LogP contribution in [0.15, 0.2) is 103 Å². The fourth-order valence-electron chi connectivity index (χ4n) is 5.61. The second-order valence-electron chi connectivity index (χ2n) is 11.0. The first kappa shape index (κ1) is 30.1. The molecule has 0 spiro atoms. The quantitative estimate of drug-likeness (QED) is 0.241. The predicted molar refractivity (Wildman–Crippen MR) is 175 cm³/mol. The summed E-state index contributed by atoms with van der Waals surface area (Å²) < 4.78 is 5.27. The molecular formula is C35H32N6O5. The molecule has 2 aromatic heterocycles. The van der Waals surface area contributed by atoms with Gasteiger partial charge in [0.15, 0.2) is 6.04 Å². The van der Waals surface area contributed by atoms with Crippen molar-refractivity contribution in [3.8, 4) is 5.75 Å². The standard InChI is InChI=1S/C35H32N6O5/c1-22(2)40(24-15-17-25(46-3)18-16-24)31(42)21-39-28-12-6-7-13-29(28)41(30-14-8-9-19-36-30)35(45)32(34(39)44)38-33(43)27-20-23-10-4-5-11-26(23)37-27/h4-20,22,32,37H,21H2,1-3H3,(H,38,43). The zero-order valence-electron chi connectivity index (χ0n) is 25.5. The Morgan fingerprint density at radius 2 is 1.61 bits per heavy atom. The molecular weight excluding hydrogens is 584 g/mol. The number of para-hydroxylation sites is 3. The Labute approximate surface area is 265 Å². The van der Waals surface area contributed by atoms with Gasteiger partial charge in [-0.2, -0.15) is 0 Å². The predicted octanol–water partition coefficient (Wildman–Crippen LogP) is 4.82. The van der Waals surface area contributed by atoms with Crippen LogP contribution < -0.4 is 24.8 Å². The topological polar surface area (TPSA) is 128 Å². The number of aromatic nitrogens is 2. The van der Waals surface area contributed by atoms with Crippen molar-refractivity contribution in [3.63, 3.8) is 0 Å². The van der Waals surface area contributed by atoms with Crippen LogP contribution in [0.3, 0.4) is 0 Å². The van der Waals surface area contributed by atoms with Gasteiger partial charge >= 0.3 is 0 Å². The van der Waals surface area contributed by atoms with Crippen LogP contribution in [0.25, 0.3) is 10.9 Å². The average molecular weight is 617 g/mol. The number of methoxy groups -OCH3 is 1. The summed E-state index contributed by atoms with van der Waals surface area (Å²) in [4.78, 5) is 67.9. The molecule has 3 heterocycles. The number of fused-ring (bicyclic) bond motifs is 2. The maximum absolute atomic E-state index is 14.4. The van der Waals surface area contributed by atoms with Crippen molar-refractivity contribution in [3.05, 3.63) is 109 Å². The smallest absolute Gasteiger partial charge is 0.268 e. The lowest BCUT2D eigenvalue weighted by atomic mass is 10.2. The Kier molecular flexibility index (Phi) is 8.21. The Bertz CT molecular complexity index is 1890. The lowest BCUT2D eigenvalue weighted by Crippen LogP contribution is -2.56. The zero-order chi connectivity index (χ0) is 32.4. The van der Waals surface area contributed by atoms with Crippen LogP contribution in [0.2, 0.25) is 0 Å². The van der Waals surface area contributed by atoms with Crippen molar-refractivity contribution in [2.24, 2.45) is 0 Å². The number of anilines is 4. The van der Waals surface area contributed by atoms with Crippen LogP contribution in [0.1, 0.15) is 24.3 Å². The summed E-state index contributed by atoms with van der Waals surface area (Å²) in [6.07, 6.45) is 1.53. The molecule has 2 N–H and O–H groups in total. The number of amides is 4. The summed E-state index contributed by atoms with van der Waals surface area (Å²) in [5.74, 6) is -1.62. The molecule has 3 aromatic carbocycles. The van der Waals surface area contributed by atoms with Crippen molar-refractivity contribution < 1.29 is 23.9 Å².